The van der Waals surface area contributed by atoms with Crippen LogP contribution in [-0.4, -0.2) is 10.8 Å². The Labute approximate surface area is 146 Å². The van der Waals surface area contributed by atoms with Crippen molar-refractivity contribution in [2.45, 2.75) is 33.9 Å². The molecule has 3 rings (SSSR count). The van der Waals surface area contributed by atoms with Crippen molar-refractivity contribution in [2.75, 3.05) is 0 Å². The zero-order valence-electron chi connectivity index (χ0n) is 14.2. The highest BCUT2D eigenvalue weighted by Gasteiger charge is 2.21. The number of benzene rings is 1. The summed E-state index contributed by atoms with van der Waals surface area (Å²) in [4.78, 5) is 16.3. The van der Waals surface area contributed by atoms with Gasteiger partial charge in [-0.1, -0.05) is 23.8 Å². The van der Waals surface area contributed by atoms with Gasteiger partial charge in [0.15, 0.2) is 0 Å². The summed E-state index contributed by atoms with van der Waals surface area (Å²) in [6.07, 6.45) is 3.34. The summed E-state index contributed by atoms with van der Waals surface area (Å²) in [5, 5.41) is 2.04. The Morgan fingerprint density at radius 1 is 1.12 bits per heavy atom. The van der Waals surface area contributed by atoms with Gasteiger partial charge in [0.05, 0.1) is 19.1 Å². The van der Waals surface area contributed by atoms with Crippen molar-refractivity contribution in [1.29, 1.82) is 0 Å². The fraction of sp³-hybridized carbons (Fsp3) is 0.250. The highest BCUT2D eigenvalue weighted by Crippen LogP contribution is 2.22. The molecule has 0 N–H and O–H groups in total. The van der Waals surface area contributed by atoms with Crippen molar-refractivity contribution < 1.29 is 9.21 Å². The molecule has 3 nitrogen and oxygen atoms in total. The molecule has 124 valence electrons. The van der Waals surface area contributed by atoms with Crippen LogP contribution in [0.5, 0.6) is 0 Å². The third-order valence-electron chi connectivity index (χ3n) is 4.06. The third-order valence-corrected chi connectivity index (χ3v) is 4.92. The molecule has 1 aromatic carbocycles. The molecule has 0 atom stereocenters. The lowest BCUT2D eigenvalue weighted by atomic mass is 9.98. The van der Waals surface area contributed by atoms with Crippen LogP contribution in [0, 0.1) is 20.8 Å². The number of carbonyl (C=O) groups is 1. The maximum Gasteiger partial charge on any atom is 0.255 e. The summed E-state index contributed by atoms with van der Waals surface area (Å²) >= 11 is 1.67. The molecule has 24 heavy (non-hydrogen) atoms. The molecule has 4 heteroatoms. The minimum Gasteiger partial charge on any atom is -0.472 e. The quantitative estimate of drug-likeness (QED) is 0.647. The van der Waals surface area contributed by atoms with Crippen molar-refractivity contribution in [1.82, 2.24) is 4.90 Å². The molecule has 0 saturated heterocycles. The smallest absolute Gasteiger partial charge is 0.255 e. The maximum absolute atomic E-state index is 13.3. The Morgan fingerprint density at radius 3 is 2.46 bits per heavy atom. The fourth-order valence-corrected chi connectivity index (χ4v) is 3.79. The summed E-state index contributed by atoms with van der Waals surface area (Å²) in [5.74, 6) is 0.0691. The van der Waals surface area contributed by atoms with Gasteiger partial charge >= 0.3 is 0 Å². The molecule has 0 radical (unpaired) electrons. The van der Waals surface area contributed by atoms with Crippen molar-refractivity contribution in [3.05, 3.63) is 80.9 Å². The predicted octanol–water partition coefficient (Wildman–Crippen LogP) is 5.11. The van der Waals surface area contributed by atoms with Gasteiger partial charge in [-0.05, 0) is 49.4 Å². The first kappa shape index (κ1) is 16.5. The summed E-state index contributed by atoms with van der Waals surface area (Å²) in [7, 11) is 0. The van der Waals surface area contributed by atoms with Crippen LogP contribution in [-0.2, 0) is 13.1 Å². The molecular formula is C20H21NO2S. The Bertz CT molecular complexity index is 760. The van der Waals surface area contributed by atoms with Crippen LogP contribution >= 0.6 is 11.3 Å². The van der Waals surface area contributed by atoms with E-state index in [9.17, 15) is 4.79 Å². The van der Waals surface area contributed by atoms with E-state index in [1.807, 2.05) is 36.3 Å². The van der Waals surface area contributed by atoms with E-state index >= 15 is 0 Å². The van der Waals surface area contributed by atoms with Gasteiger partial charge in [-0.3, -0.25) is 4.79 Å². The van der Waals surface area contributed by atoms with Crippen LogP contribution in [0.4, 0.5) is 0 Å². The molecule has 0 aliphatic heterocycles. The lowest BCUT2D eigenvalue weighted by Gasteiger charge is -2.24. The molecule has 0 fully saturated rings. The molecule has 0 aliphatic carbocycles. The standard InChI is InChI=1S/C20H21NO2S/c1-14-9-15(2)19(16(3)10-14)20(22)21(11-17-6-7-23-13-17)12-18-5-4-8-24-18/h4-10,13H,11-12H2,1-3H3. The Balaban J connectivity index is 1.93. The number of aryl methyl sites for hydroxylation is 3. The minimum atomic E-state index is 0.0691. The first-order chi connectivity index (χ1) is 11.5. The molecule has 3 aromatic rings. The monoisotopic (exact) mass is 339 g/mol. The molecule has 1 amide bonds. The van der Waals surface area contributed by atoms with Crippen LogP contribution < -0.4 is 0 Å². The number of nitrogens with zero attached hydrogens (tertiary/aromatic N) is 1. The van der Waals surface area contributed by atoms with Crippen LogP contribution in [0.15, 0.2) is 52.7 Å². The summed E-state index contributed by atoms with van der Waals surface area (Å²) in [6, 6.07) is 10.1. The molecule has 0 spiro atoms. The van der Waals surface area contributed by atoms with Crippen LogP contribution in [0.2, 0.25) is 0 Å². The van der Waals surface area contributed by atoms with Gasteiger partial charge in [0.25, 0.3) is 5.91 Å². The highest BCUT2D eigenvalue weighted by molar-refractivity contribution is 7.09. The number of thiophene rings is 1. The molecule has 2 heterocycles. The van der Waals surface area contributed by atoms with E-state index < -0.39 is 0 Å². The fourth-order valence-electron chi connectivity index (χ4n) is 3.07. The minimum absolute atomic E-state index is 0.0691. The Hall–Kier alpha value is -2.33. The topological polar surface area (TPSA) is 33.5 Å². The number of hydrogen-bond donors (Lipinski definition) is 0. The molecular weight excluding hydrogens is 318 g/mol. The molecule has 0 bridgehead atoms. The van der Waals surface area contributed by atoms with Crippen molar-refractivity contribution >= 4 is 17.2 Å². The first-order valence-corrected chi connectivity index (χ1v) is 8.83. The first-order valence-electron chi connectivity index (χ1n) is 7.95. The van der Waals surface area contributed by atoms with Crippen molar-refractivity contribution in [3.63, 3.8) is 0 Å². The molecule has 0 unspecified atom stereocenters. The number of furan rings is 1. The second-order valence-corrected chi connectivity index (χ2v) is 7.18. The number of amides is 1. The Morgan fingerprint density at radius 2 is 1.88 bits per heavy atom. The lowest BCUT2D eigenvalue weighted by molar-refractivity contribution is 0.0730. The number of carbonyl (C=O) groups excluding carboxylic acids is 1. The van der Waals surface area contributed by atoms with E-state index in [1.165, 1.54) is 10.4 Å². The largest absolute Gasteiger partial charge is 0.472 e. The summed E-state index contributed by atoms with van der Waals surface area (Å²) in [5.41, 5.74) is 5.05. The molecule has 2 aromatic heterocycles. The van der Waals surface area contributed by atoms with Gasteiger partial charge < -0.3 is 9.32 Å². The average Bonchev–Trinajstić information content (AvgIpc) is 3.18. The van der Waals surface area contributed by atoms with E-state index in [4.69, 9.17) is 4.42 Å². The van der Waals surface area contributed by atoms with Crippen LogP contribution in [0.3, 0.4) is 0 Å². The van der Waals surface area contributed by atoms with E-state index in [0.717, 1.165) is 22.3 Å². The highest BCUT2D eigenvalue weighted by atomic mass is 32.1. The van der Waals surface area contributed by atoms with Gasteiger partial charge in [-0.15, -0.1) is 11.3 Å². The molecule has 0 saturated carbocycles. The number of rotatable bonds is 5. The SMILES string of the molecule is Cc1cc(C)c(C(=O)N(Cc2ccoc2)Cc2cccs2)c(C)c1. The van der Waals surface area contributed by atoms with E-state index in [2.05, 4.69) is 25.1 Å². The van der Waals surface area contributed by atoms with E-state index in [0.29, 0.717) is 13.1 Å². The average molecular weight is 339 g/mol. The van der Waals surface area contributed by atoms with Crippen molar-refractivity contribution in [3.8, 4) is 0 Å². The third kappa shape index (κ3) is 3.60. The van der Waals surface area contributed by atoms with Gasteiger partial charge in [-0.2, -0.15) is 0 Å². The normalized spacial score (nSPS) is 10.8. The second kappa shape index (κ2) is 7.05. The van der Waals surface area contributed by atoms with Gasteiger partial charge in [0.1, 0.15) is 0 Å². The zero-order valence-corrected chi connectivity index (χ0v) is 15.0. The second-order valence-electron chi connectivity index (χ2n) is 6.15. The van der Waals surface area contributed by atoms with E-state index in [1.54, 1.807) is 23.9 Å². The maximum atomic E-state index is 13.3. The van der Waals surface area contributed by atoms with Crippen molar-refractivity contribution in [2.24, 2.45) is 0 Å². The number of hydrogen-bond acceptors (Lipinski definition) is 3. The summed E-state index contributed by atoms with van der Waals surface area (Å²) in [6.45, 7) is 7.22. The van der Waals surface area contributed by atoms with Crippen LogP contribution in [0.25, 0.3) is 0 Å². The van der Waals surface area contributed by atoms with Gasteiger partial charge in [0.2, 0.25) is 0 Å². The van der Waals surface area contributed by atoms with Gasteiger partial charge in [0, 0.05) is 22.5 Å². The summed E-state index contributed by atoms with van der Waals surface area (Å²) < 4.78 is 5.16. The van der Waals surface area contributed by atoms with Gasteiger partial charge in [-0.25, -0.2) is 0 Å². The van der Waals surface area contributed by atoms with Crippen LogP contribution in [0.1, 0.15) is 37.5 Å². The zero-order chi connectivity index (χ0) is 17.1. The molecule has 0 aliphatic rings. The lowest BCUT2D eigenvalue weighted by Crippen LogP contribution is -2.31. The predicted molar refractivity (Wildman–Crippen MR) is 97.3 cm³/mol. The Kier molecular flexibility index (Phi) is 4.86. The van der Waals surface area contributed by atoms with E-state index in [-0.39, 0.29) is 5.91 Å².